The Labute approximate surface area is 145 Å². The number of nitrogens with one attached hydrogen (secondary N) is 2. The van der Waals surface area contributed by atoms with E-state index in [-0.39, 0.29) is 6.03 Å². The molecule has 1 saturated heterocycles. The number of anilines is 1. The molecular weight excluding hydrogens is 322 g/mol. The highest BCUT2D eigenvalue weighted by Crippen LogP contribution is 2.23. The molecule has 0 spiro atoms. The summed E-state index contributed by atoms with van der Waals surface area (Å²) in [4.78, 5) is 25.3. The van der Waals surface area contributed by atoms with Crippen molar-refractivity contribution < 1.29 is 19.5 Å². The average molecular weight is 341 g/mol. The van der Waals surface area contributed by atoms with Gasteiger partial charge in [-0.3, -0.25) is 10.0 Å². The van der Waals surface area contributed by atoms with Crippen LogP contribution in [0.4, 0.5) is 10.5 Å². The predicted molar refractivity (Wildman–Crippen MR) is 92.5 cm³/mol. The highest BCUT2D eigenvalue weighted by molar-refractivity contribution is 5.94. The Morgan fingerprint density at radius 1 is 1.00 bits per heavy atom. The fourth-order valence-electron chi connectivity index (χ4n) is 2.62. The van der Waals surface area contributed by atoms with Crippen LogP contribution >= 0.6 is 0 Å². The second kappa shape index (κ2) is 7.78. The molecule has 130 valence electrons. The standard InChI is InChI=1S/C18H19N3O4/c22-17(20-24)14-6-4-13(5-7-14)15-2-1-3-16(12-15)19-18(23)21-8-10-25-11-9-21/h1-7,12,24H,8-11H2,(H,19,23)(H,20,22). The minimum Gasteiger partial charge on any atom is -0.378 e. The molecule has 0 unspecified atom stereocenters. The molecule has 0 atom stereocenters. The molecule has 1 heterocycles. The first-order chi connectivity index (χ1) is 12.2. The number of benzene rings is 2. The maximum absolute atomic E-state index is 12.3. The van der Waals surface area contributed by atoms with E-state index in [0.717, 1.165) is 11.1 Å². The minimum atomic E-state index is -0.557. The number of morpholine rings is 1. The molecule has 1 aliphatic rings. The fourth-order valence-corrected chi connectivity index (χ4v) is 2.62. The van der Waals surface area contributed by atoms with Crippen molar-refractivity contribution in [2.45, 2.75) is 0 Å². The molecule has 0 bridgehead atoms. The van der Waals surface area contributed by atoms with E-state index in [1.807, 2.05) is 24.3 Å². The molecule has 3 rings (SSSR count). The number of hydroxylamine groups is 1. The summed E-state index contributed by atoms with van der Waals surface area (Å²) in [6.45, 7) is 2.28. The van der Waals surface area contributed by atoms with Crippen LogP contribution in [0.5, 0.6) is 0 Å². The average Bonchev–Trinajstić information content (AvgIpc) is 2.68. The van der Waals surface area contributed by atoms with Gasteiger partial charge in [-0.15, -0.1) is 0 Å². The van der Waals surface area contributed by atoms with Crippen molar-refractivity contribution in [3.63, 3.8) is 0 Å². The van der Waals surface area contributed by atoms with Crippen molar-refractivity contribution in [2.24, 2.45) is 0 Å². The summed E-state index contributed by atoms with van der Waals surface area (Å²) in [7, 11) is 0. The van der Waals surface area contributed by atoms with Gasteiger partial charge < -0.3 is 15.0 Å². The summed E-state index contributed by atoms with van der Waals surface area (Å²) in [5.41, 5.74) is 4.48. The number of carbonyl (C=O) groups excluding carboxylic acids is 2. The smallest absolute Gasteiger partial charge is 0.321 e. The van der Waals surface area contributed by atoms with Gasteiger partial charge in [-0.05, 0) is 35.4 Å². The Kier molecular flexibility index (Phi) is 5.27. The van der Waals surface area contributed by atoms with Crippen molar-refractivity contribution in [3.05, 3.63) is 54.1 Å². The Bertz CT molecular complexity index is 755. The Morgan fingerprint density at radius 3 is 2.40 bits per heavy atom. The molecule has 0 aliphatic carbocycles. The summed E-state index contributed by atoms with van der Waals surface area (Å²) in [6.07, 6.45) is 0. The van der Waals surface area contributed by atoms with Crippen LogP contribution in [0.3, 0.4) is 0 Å². The molecule has 2 aromatic rings. The zero-order valence-electron chi connectivity index (χ0n) is 13.6. The SMILES string of the molecule is O=C(NO)c1ccc(-c2cccc(NC(=O)N3CCOCC3)c2)cc1. The highest BCUT2D eigenvalue weighted by Gasteiger charge is 2.16. The van der Waals surface area contributed by atoms with Gasteiger partial charge in [-0.25, -0.2) is 10.3 Å². The van der Waals surface area contributed by atoms with Crippen molar-refractivity contribution in [3.8, 4) is 11.1 Å². The Morgan fingerprint density at radius 2 is 1.72 bits per heavy atom. The van der Waals surface area contributed by atoms with Crippen LogP contribution in [0.1, 0.15) is 10.4 Å². The van der Waals surface area contributed by atoms with Gasteiger partial charge in [-0.2, -0.15) is 0 Å². The van der Waals surface area contributed by atoms with E-state index in [1.54, 1.807) is 34.6 Å². The van der Waals surface area contributed by atoms with E-state index in [0.29, 0.717) is 37.6 Å². The second-order valence-electron chi connectivity index (χ2n) is 5.63. The minimum absolute atomic E-state index is 0.143. The van der Waals surface area contributed by atoms with Gasteiger partial charge in [0, 0.05) is 24.3 Å². The fraction of sp³-hybridized carbons (Fsp3) is 0.222. The quantitative estimate of drug-likeness (QED) is 0.590. The van der Waals surface area contributed by atoms with E-state index in [9.17, 15) is 9.59 Å². The van der Waals surface area contributed by atoms with Gasteiger partial charge in [0.1, 0.15) is 0 Å². The lowest BCUT2D eigenvalue weighted by Crippen LogP contribution is -2.43. The number of hydrogen-bond acceptors (Lipinski definition) is 4. The Balaban J connectivity index is 1.72. The number of rotatable bonds is 3. The molecule has 0 radical (unpaired) electrons. The van der Waals surface area contributed by atoms with Gasteiger partial charge in [0.2, 0.25) is 0 Å². The van der Waals surface area contributed by atoms with Gasteiger partial charge in [0.15, 0.2) is 0 Å². The lowest BCUT2D eigenvalue weighted by Gasteiger charge is -2.27. The number of amides is 3. The maximum Gasteiger partial charge on any atom is 0.321 e. The lowest BCUT2D eigenvalue weighted by atomic mass is 10.0. The summed E-state index contributed by atoms with van der Waals surface area (Å²) in [6, 6.07) is 14.2. The van der Waals surface area contributed by atoms with Crippen LogP contribution in [0.2, 0.25) is 0 Å². The normalized spacial score (nSPS) is 14.0. The zero-order chi connectivity index (χ0) is 17.6. The third-order valence-electron chi connectivity index (χ3n) is 3.99. The number of hydrogen-bond donors (Lipinski definition) is 3. The van der Waals surface area contributed by atoms with E-state index in [4.69, 9.17) is 9.94 Å². The molecule has 0 aromatic heterocycles. The van der Waals surface area contributed by atoms with Crippen LogP contribution in [0.15, 0.2) is 48.5 Å². The highest BCUT2D eigenvalue weighted by atomic mass is 16.5. The van der Waals surface area contributed by atoms with Crippen LogP contribution in [-0.4, -0.2) is 48.3 Å². The number of carbonyl (C=O) groups is 2. The number of nitrogens with zero attached hydrogens (tertiary/aromatic N) is 1. The molecule has 3 amide bonds. The number of urea groups is 1. The van der Waals surface area contributed by atoms with Gasteiger partial charge >= 0.3 is 6.03 Å². The Hall–Kier alpha value is -2.90. The van der Waals surface area contributed by atoms with Crippen molar-refractivity contribution in [1.82, 2.24) is 10.4 Å². The topological polar surface area (TPSA) is 90.9 Å². The predicted octanol–water partition coefficient (Wildman–Crippen LogP) is 2.34. The van der Waals surface area contributed by atoms with E-state index < -0.39 is 5.91 Å². The largest absolute Gasteiger partial charge is 0.378 e. The van der Waals surface area contributed by atoms with Gasteiger partial charge in [0.05, 0.1) is 13.2 Å². The molecule has 0 saturated carbocycles. The molecule has 7 heteroatoms. The summed E-state index contributed by atoms with van der Waals surface area (Å²) in [5, 5.41) is 11.5. The van der Waals surface area contributed by atoms with E-state index >= 15 is 0 Å². The molecule has 1 aliphatic heterocycles. The van der Waals surface area contributed by atoms with Crippen LogP contribution in [0, 0.1) is 0 Å². The molecular formula is C18H19N3O4. The number of ether oxygens (including phenoxy) is 1. The molecule has 7 nitrogen and oxygen atoms in total. The third-order valence-corrected chi connectivity index (χ3v) is 3.99. The van der Waals surface area contributed by atoms with Gasteiger partial charge in [0.25, 0.3) is 5.91 Å². The molecule has 1 fully saturated rings. The van der Waals surface area contributed by atoms with Gasteiger partial charge in [-0.1, -0.05) is 24.3 Å². The van der Waals surface area contributed by atoms with Crippen molar-refractivity contribution >= 4 is 17.6 Å². The van der Waals surface area contributed by atoms with Crippen LogP contribution in [-0.2, 0) is 4.74 Å². The zero-order valence-corrected chi connectivity index (χ0v) is 13.6. The van der Waals surface area contributed by atoms with Crippen LogP contribution < -0.4 is 10.8 Å². The monoisotopic (exact) mass is 341 g/mol. The van der Waals surface area contributed by atoms with Crippen molar-refractivity contribution in [1.29, 1.82) is 0 Å². The lowest BCUT2D eigenvalue weighted by molar-refractivity contribution is 0.0564. The van der Waals surface area contributed by atoms with Crippen LogP contribution in [0.25, 0.3) is 11.1 Å². The third kappa shape index (κ3) is 4.14. The molecule has 3 N–H and O–H groups in total. The van der Waals surface area contributed by atoms with E-state index in [2.05, 4.69) is 5.32 Å². The molecule has 25 heavy (non-hydrogen) atoms. The van der Waals surface area contributed by atoms with E-state index in [1.165, 1.54) is 0 Å². The summed E-state index contributed by atoms with van der Waals surface area (Å²) in [5.74, 6) is -0.557. The first-order valence-corrected chi connectivity index (χ1v) is 7.96. The summed E-state index contributed by atoms with van der Waals surface area (Å²) >= 11 is 0. The maximum atomic E-state index is 12.3. The van der Waals surface area contributed by atoms with Crippen molar-refractivity contribution in [2.75, 3.05) is 31.6 Å². The second-order valence-corrected chi connectivity index (χ2v) is 5.63. The summed E-state index contributed by atoms with van der Waals surface area (Å²) < 4.78 is 5.25. The first kappa shape index (κ1) is 16.9. The first-order valence-electron chi connectivity index (χ1n) is 7.96. The molecule has 2 aromatic carbocycles.